The van der Waals surface area contributed by atoms with Crippen molar-refractivity contribution < 1.29 is 5.11 Å². The molecule has 0 saturated heterocycles. The van der Waals surface area contributed by atoms with Crippen LogP contribution in [0.4, 0.5) is 11.5 Å². The van der Waals surface area contributed by atoms with Crippen molar-refractivity contribution >= 4 is 34.8 Å². The number of para-hydroxylation sites is 1. The van der Waals surface area contributed by atoms with E-state index in [0.717, 1.165) is 22.2 Å². The highest BCUT2D eigenvalue weighted by Crippen LogP contribution is 2.27. The Bertz CT molecular complexity index is 991. The number of pyridine rings is 1. The fourth-order valence-electron chi connectivity index (χ4n) is 2.48. The molecule has 6 heteroatoms. The molecular weight excluding hydrogens is 336 g/mol. The van der Waals surface area contributed by atoms with E-state index in [-0.39, 0.29) is 18.2 Å². The number of phenolic OH excluding ortho intramolecular Hbond substituents is 1. The average molecular weight is 351 g/mol. The highest BCUT2D eigenvalue weighted by Gasteiger charge is 2.09. The van der Waals surface area contributed by atoms with Gasteiger partial charge in [0.15, 0.2) is 5.82 Å². The molecule has 4 aromatic rings. The van der Waals surface area contributed by atoms with Crippen molar-refractivity contribution in [3.8, 4) is 17.1 Å². The summed E-state index contributed by atoms with van der Waals surface area (Å²) in [6.45, 7) is 0. The molecule has 0 aliphatic rings. The normalized spacial score (nSPS) is 10.2. The van der Waals surface area contributed by atoms with Crippen LogP contribution in [0, 0.1) is 0 Å². The van der Waals surface area contributed by atoms with E-state index in [0.29, 0.717) is 11.6 Å². The Kier molecular flexibility index (Phi) is 4.77. The van der Waals surface area contributed by atoms with E-state index >= 15 is 0 Å². The quantitative estimate of drug-likeness (QED) is 0.530. The van der Waals surface area contributed by atoms with Crippen LogP contribution in [0.2, 0.25) is 0 Å². The first-order valence-electron chi connectivity index (χ1n) is 7.53. The van der Waals surface area contributed by atoms with Crippen molar-refractivity contribution in [2.24, 2.45) is 0 Å². The fraction of sp³-hybridized carbons (Fsp3) is 0. The minimum Gasteiger partial charge on any atom is -0.508 e. The molecular formula is C19H15ClN4O. The van der Waals surface area contributed by atoms with Crippen molar-refractivity contribution in [2.45, 2.75) is 0 Å². The van der Waals surface area contributed by atoms with E-state index in [4.69, 9.17) is 0 Å². The molecule has 0 aliphatic heterocycles. The molecule has 0 radical (unpaired) electrons. The molecule has 2 aromatic carbocycles. The molecule has 0 unspecified atom stereocenters. The first-order chi connectivity index (χ1) is 11.8. The number of anilines is 2. The number of nitrogens with zero attached hydrogens (tertiary/aromatic N) is 3. The molecule has 0 aliphatic carbocycles. The predicted octanol–water partition coefficient (Wildman–Crippen LogP) is 4.56. The van der Waals surface area contributed by atoms with Gasteiger partial charge >= 0.3 is 0 Å². The molecule has 25 heavy (non-hydrogen) atoms. The standard InChI is InChI=1S/C19H14N4O.ClH/c24-15-9-7-14(8-10-15)21-19-16-5-1-2-6-17(16)22-18(23-19)13-4-3-11-20-12-13;/h1-12,24H,(H,21,22,23);1H. The number of hydrogen-bond donors (Lipinski definition) is 2. The van der Waals surface area contributed by atoms with Gasteiger partial charge < -0.3 is 10.4 Å². The molecule has 4 rings (SSSR count). The molecule has 0 bridgehead atoms. The monoisotopic (exact) mass is 350 g/mol. The number of aromatic nitrogens is 3. The summed E-state index contributed by atoms with van der Waals surface area (Å²) in [6.07, 6.45) is 3.47. The molecule has 124 valence electrons. The first kappa shape index (κ1) is 16.7. The fourth-order valence-corrected chi connectivity index (χ4v) is 2.48. The second kappa shape index (κ2) is 7.15. The highest BCUT2D eigenvalue weighted by molar-refractivity contribution is 5.92. The van der Waals surface area contributed by atoms with E-state index < -0.39 is 0 Å². The van der Waals surface area contributed by atoms with Crippen LogP contribution < -0.4 is 5.32 Å². The van der Waals surface area contributed by atoms with Crippen LogP contribution in [-0.2, 0) is 0 Å². The number of rotatable bonds is 3. The second-order valence-electron chi connectivity index (χ2n) is 5.33. The zero-order chi connectivity index (χ0) is 16.4. The van der Waals surface area contributed by atoms with Gasteiger partial charge in [0, 0.05) is 29.0 Å². The topological polar surface area (TPSA) is 70.9 Å². The van der Waals surface area contributed by atoms with Crippen LogP contribution in [0.1, 0.15) is 0 Å². The van der Waals surface area contributed by atoms with Gasteiger partial charge in [0.2, 0.25) is 0 Å². The van der Waals surface area contributed by atoms with Crippen LogP contribution >= 0.6 is 12.4 Å². The molecule has 5 nitrogen and oxygen atoms in total. The largest absolute Gasteiger partial charge is 0.508 e. The van der Waals surface area contributed by atoms with Crippen LogP contribution in [0.25, 0.3) is 22.3 Å². The zero-order valence-corrected chi connectivity index (χ0v) is 13.9. The lowest BCUT2D eigenvalue weighted by Gasteiger charge is -2.11. The molecule has 2 heterocycles. The molecule has 0 spiro atoms. The van der Waals surface area contributed by atoms with Crippen LogP contribution in [0.15, 0.2) is 73.1 Å². The molecule has 2 aromatic heterocycles. The maximum absolute atomic E-state index is 9.43. The third-order valence-electron chi connectivity index (χ3n) is 3.65. The Labute approximate surface area is 150 Å². The minimum atomic E-state index is 0. The van der Waals surface area contributed by atoms with Crippen molar-refractivity contribution in [3.05, 3.63) is 73.1 Å². The number of fused-ring (bicyclic) bond motifs is 1. The lowest BCUT2D eigenvalue weighted by Crippen LogP contribution is -1.99. The highest BCUT2D eigenvalue weighted by atomic mass is 35.5. The average Bonchev–Trinajstić information content (AvgIpc) is 2.64. The first-order valence-corrected chi connectivity index (χ1v) is 7.53. The van der Waals surface area contributed by atoms with Gasteiger partial charge in [-0.2, -0.15) is 0 Å². The molecule has 2 N–H and O–H groups in total. The van der Waals surface area contributed by atoms with Crippen LogP contribution in [0.5, 0.6) is 5.75 Å². The lowest BCUT2D eigenvalue weighted by atomic mass is 10.2. The Balaban J connectivity index is 0.00000182. The minimum absolute atomic E-state index is 0. The summed E-state index contributed by atoms with van der Waals surface area (Å²) >= 11 is 0. The Morgan fingerprint density at radius 2 is 1.64 bits per heavy atom. The SMILES string of the molecule is Cl.Oc1ccc(Nc2nc(-c3cccnc3)nc3ccccc23)cc1. The van der Waals surface area contributed by atoms with E-state index in [1.54, 1.807) is 36.7 Å². The lowest BCUT2D eigenvalue weighted by molar-refractivity contribution is 0.475. The van der Waals surface area contributed by atoms with Gasteiger partial charge in [-0.3, -0.25) is 4.98 Å². The zero-order valence-electron chi connectivity index (χ0n) is 13.1. The van der Waals surface area contributed by atoms with Gasteiger partial charge in [-0.1, -0.05) is 12.1 Å². The molecule has 0 amide bonds. The third kappa shape index (κ3) is 3.51. The van der Waals surface area contributed by atoms with Crippen molar-refractivity contribution in [1.82, 2.24) is 15.0 Å². The summed E-state index contributed by atoms with van der Waals surface area (Å²) in [5, 5.41) is 13.7. The van der Waals surface area contributed by atoms with Crippen molar-refractivity contribution in [2.75, 3.05) is 5.32 Å². The number of phenols is 1. The van der Waals surface area contributed by atoms with Crippen LogP contribution in [-0.4, -0.2) is 20.1 Å². The third-order valence-corrected chi connectivity index (χ3v) is 3.65. The van der Waals surface area contributed by atoms with E-state index in [9.17, 15) is 5.11 Å². The smallest absolute Gasteiger partial charge is 0.163 e. The number of benzene rings is 2. The van der Waals surface area contributed by atoms with Gasteiger partial charge in [-0.15, -0.1) is 12.4 Å². The predicted molar refractivity (Wildman–Crippen MR) is 101 cm³/mol. The number of halogens is 1. The van der Waals surface area contributed by atoms with E-state index in [1.807, 2.05) is 36.4 Å². The summed E-state index contributed by atoms with van der Waals surface area (Å²) in [5.74, 6) is 1.55. The Hall–Kier alpha value is -3.18. The number of hydrogen-bond acceptors (Lipinski definition) is 5. The van der Waals surface area contributed by atoms with E-state index in [2.05, 4.69) is 20.3 Å². The van der Waals surface area contributed by atoms with Gasteiger partial charge in [-0.25, -0.2) is 9.97 Å². The molecule has 0 fully saturated rings. The molecule has 0 atom stereocenters. The summed E-state index contributed by atoms with van der Waals surface area (Å²) in [7, 11) is 0. The summed E-state index contributed by atoms with van der Waals surface area (Å²) in [6, 6.07) is 18.5. The summed E-state index contributed by atoms with van der Waals surface area (Å²) < 4.78 is 0. The van der Waals surface area contributed by atoms with Gasteiger partial charge in [0.1, 0.15) is 11.6 Å². The Morgan fingerprint density at radius 1 is 0.840 bits per heavy atom. The maximum atomic E-state index is 9.43. The summed E-state index contributed by atoms with van der Waals surface area (Å²) in [5.41, 5.74) is 2.55. The Morgan fingerprint density at radius 3 is 2.40 bits per heavy atom. The number of nitrogens with one attached hydrogen (secondary N) is 1. The van der Waals surface area contributed by atoms with Gasteiger partial charge in [0.25, 0.3) is 0 Å². The summed E-state index contributed by atoms with van der Waals surface area (Å²) in [4.78, 5) is 13.4. The maximum Gasteiger partial charge on any atom is 0.163 e. The molecule has 0 saturated carbocycles. The van der Waals surface area contributed by atoms with Crippen molar-refractivity contribution in [1.29, 1.82) is 0 Å². The second-order valence-corrected chi connectivity index (χ2v) is 5.33. The van der Waals surface area contributed by atoms with Gasteiger partial charge in [-0.05, 0) is 48.5 Å². The van der Waals surface area contributed by atoms with E-state index in [1.165, 1.54) is 0 Å². The number of aromatic hydroxyl groups is 1. The van der Waals surface area contributed by atoms with Crippen LogP contribution in [0.3, 0.4) is 0 Å². The van der Waals surface area contributed by atoms with Crippen molar-refractivity contribution in [3.63, 3.8) is 0 Å². The van der Waals surface area contributed by atoms with Gasteiger partial charge in [0.05, 0.1) is 5.52 Å².